The third kappa shape index (κ3) is 5.48. The highest BCUT2D eigenvalue weighted by molar-refractivity contribution is 7.99. The van der Waals surface area contributed by atoms with Crippen LogP contribution in [0.1, 0.15) is 23.2 Å². The predicted molar refractivity (Wildman–Crippen MR) is 108 cm³/mol. The van der Waals surface area contributed by atoms with E-state index in [0.29, 0.717) is 0 Å². The number of amides is 1. The van der Waals surface area contributed by atoms with Gasteiger partial charge in [-0.2, -0.15) is 11.3 Å². The molecule has 1 aliphatic heterocycles. The minimum absolute atomic E-state index is 0.178. The second kappa shape index (κ2) is 9.62. The van der Waals surface area contributed by atoms with Gasteiger partial charge in [0, 0.05) is 29.9 Å². The Morgan fingerprint density at radius 1 is 1.16 bits per heavy atom. The van der Waals surface area contributed by atoms with E-state index in [1.807, 2.05) is 51.7 Å². The highest BCUT2D eigenvalue weighted by atomic mass is 35.5. The summed E-state index contributed by atoms with van der Waals surface area (Å²) in [7, 11) is 0. The molecule has 1 amide bonds. The fourth-order valence-electron chi connectivity index (χ4n) is 3.00. The molecule has 0 unspecified atom stereocenters. The zero-order valence-electron chi connectivity index (χ0n) is 14.2. The second-order valence-electron chi connectivity index (χ2n) is 6.13. The topological polar surface area (TPSA) is 23.6 Å². The number of thioether (sulfide) groups is 1. The van der Waals surface area contributed by atoms with Crippen molar-refractivity contribution in [3.8, 4) is 0 Å². The fourth-order valence-corrected chi connectivity index (χ4v) is 4.80. The van der Waals surface area contributed by atoms with Crippen molar-refractivity contribution in [1.29, 1.82) is 0 Å². The summed E-state index contributed by atoms with van der Waals surface area (Å²) < 4.78 is 0. The van der Waals surface area contributed by atoms with Gasteiger partial charge in [0.25, 0.3) is 5.91 Å². The van der Waals surface area contributed by atoms with Crippen LogP contribution >= 0.6 is 34.7 Å². The van der Waals surface area contributed by atoms with Crippen LogP contribution in [0.4, 0.5) is 0 Å². The van der Waals surface area contributed by atoms with Crippen LogP contribution in [0.3, 0.4) is 0 Å². The molecule has 134 valence electrons. The summed E-state index contributed by atoms with van der Waals surface area (Å²) in [5.41, 5.74) is 0.828. The van der Waals surface area contributed by atoms with Crippen LogP contribution < -0.4 is 0 Å². The maximum Gasteiger partial charge on any atom is 0.254 e. The van der Waals surface area contributed by atoms with E-state index >= 15 is 0 Å². The SMILES string of the molecule is O=C(c1ccsc1)N1CCCN(CCCSc2ccccc2Cl)CC1. The molecule has 1 aromatic heterocycles. The number of benzene rings is 1. The molecule has 2 aromatic rings. The van der Waals surface area contributed by atoms with Crippen LogP contribution in [0.5, 0.6) is 0 Å². The summed E-state index contributed by atoms with van der Waals surface area (Å²) in [5, 5.41) is 4.75. The molecule has 0 spiro atoms. The maximum absolute atomic E-state index is 12.5. The first-order valence-electron chi connectivity index (χ1n) is 8.65. The van der Waals surface area contributed by atoms with Gasteiger partial charge in [-0.25, -0.2) is 0 Å². The van der Waals surface area contributed by atoms with E-state index in [0.717, 1.165) is 66.8 Å². The lowest BCUT2D eigenvalue weighted by atomic mass is 10.3. The van der Waals surface area contributed by atoms with E-state index in [9.17, 15) is 4.79 Å². The Kier molecular flexibility index (Phi) is 7.23. The molecular weight excluding hydrogens is 372 g/mol. The van der Waals surface area contributed by atoms with Gasteiger partial charge < -0.3 is 9.80 Å². The van der Waals surface area contributed by atoms with Crippen LogP contribution in [-0.2, 0) is 0 Å². The molecule has 1 aliphatic rings. The third-order valence-electron chi connectivity index (χ3n) is 4.36. The molecule has 1 fully saturated rings. The lowest BCUT2D eigenvalue weighted by Gasteiger charge is -2.21. The van der Waals surface area contributed by atoms with Crippen molar-refractivity contribution in [3.05, 3.63) is 51.7 Å². The summed E-state index contributed by atoms with van der Waals surface area (Å²) in [6.45, 7) is 4.81. The minimum atomic E-state index is 0.178. The number of rotatable bonds is 6. The monoisotopic (exact) mass is 394 g/mol. The quantitative estimate of drug-likeness (QED) is 0.522. The van der Waals surface area contributed by atoms with Gasteiger partial charge in [-0.1, -0.05) is 23.7 Å². The van der Waals surface area contributed by atoms with Crippen molar-refractivity contribution in [2.45, 2.75) is 17.7 Å². The molecule has 2 heterocycles. The Morgan fingerprint density at radius 2 is 2.04 bits per heavy atom. The van der Waals surface area contributed by atoms with Crippen LogP contribution in [0.25, 0.3) is 0 Å². The van der Waals surface area contributed by atoms with Gasteiger partial charge in [0.15, 0.2) is 0 Å². The molecule has 3 nitrogen and oxygen atoms in total. The molecule has 0 N–H and O–H groups in total. The average molecular weight is 395 g/mol. The van der Waals surface area contributed by atoms with Gasteiger partial charge in [-0.05, 0) is 55.3 Å². The summed E-state index contributed by atoms with van der Waals surface area (Å²) in [6.07, 6.45) is 2.18. The Balaban J connectivity index is 1.40. The Labute approximate surface area is 163 Å². The van der Waals surface area contributed by atoms with Crippen molar-refractivity contribution in [2.24, 2.45) is 0 Å². The average Bonchev–Trinajstić information content (AvgIpc) is 3.06. The van der Waals surface area contributed by atoms with Crippen molar-refractivity contribution in [2.75, 3.05) is 38.5 Å². The molecule has 3 rings (SSSR count). The van der Waals surface area contributed by atoms with Gasteiger partial charge >= 0.3 is 0 Å². The molecule has 0 saturated carbocycles. The molecule has 1 saturated heterocycles. The summed E-state index contributed by atoms with van der Waals surface area (Å²) in [6, 6.07) is 9.93. The first-order chi connectivity index (χ1) is 12.2. The van der Waals surface area contributed by atoms with E-state index in [2.05, 4.69) is 11.0 Å². The Bertz CT molecular complexity index is 678. The number of carbonyl (C=O) groups excluding carboxylic acids is 1. The number of carbonyl (C=O) groups is 1. The normalized spacial score (nSPS) is 16.0. The first kappa shape index (κ1) is 18.8. The lowest BCUT2D eigenvalue weighted by Crippen LogP contribution is -2.35. The van der Waals surface area contributed by atoms with Crippen LogP contribution in [0.2, 0.25) is 5.02 Å². The van der Waals surface area contributed by atoms with Crippen molar-refractivity contribution >= 4 is 40.6 Å². The number of hydrogen-bond acceptors (Lipinski definition) is 4. The molecular formula is C19H23ClN2OS2. The van der Waals surface area contributed by atoms with Gasteiger partial charge in [0.2, 0.25) is 0 Å². The van der Waals surface area contributed by atoms with Crippen molar-refractivity contribution in [3.63, 3.8) is 0 Å². The van der Waals surface area contributed by atoms with E-state index in [1.165, 1.54) is 0 Å². The number of thiophene rings is 1. The van der Waals surface area contributed by atoms with E-state index in [1.54, 1.807) is 11.3 Å². The van der Waals surface area contributed by atoms with Gasteiger partial charge in [0.05, 0.1) is 10.6 Å². The van der Waals surface area contributed by atoms with Gasteiger partial charge in [-0.3, -0.25) is 4.79 Å². The Morgan fingerprint density at radius 3 is 2.84 bits per heavy atom. The molecule has 0 aliphatic carbocycles. The number of nitrogens with zero attached hydrogens (tertiary/aromatic N) is 2. The van der Waals surface area contributed by atoms with Crippen LogP contribution in [0, 0.1) is 0 Å². The van der Waals surface area contributed by atoms with Crippen LogP contribution in [-0.4, -0.2) is 54.2 Å². The largest absolute Gasteiger partial charge is 0.337 e. The highest BCUT2D eigenvalue weighted by Gasteiger charge is 2.20. The van der Waals surface area contributed by atoms with Crippen molar-refractivity contribution < 1.29 is 4.79 Å². The lowest BCUT2D eigenvalue weighted by molar-refractivity contribution is 0.0762. The molecule has 0 radical (unpaired) electrons. The van der Waals surface area contributed by atoms with Gasteiger partial charge in [-0.15, -0.1) is 11.8 Å². The second-order valence-corrected chi connectivity index (χ2v) is 8.46. The molecule has 0 atom stereocenters. The molecule has 25 heavy (non-hydrogen) atoms. The number of hydrogen-bond donors (Lipinski definition) is 0. The van der Waals surface area contributed by atoms with Gasteiger partial charge in [0.1, 0.15) is 0 Å². The fraction of sp³-hybridized carbons (Fsp3) is 0.421. The summed E-state index contributed by atoms with van der Waals surface area (Å²) in [5.74, 6) is 1.25. The highest BCUT2D eigenvalue weighted by Crippen LogP contribution is 2.27. The van der Waals surface area contributed by atoms with E-state index in [-0.39, 0.29) is 5.91 Å². The Hall–Kier alpha value is -1.01. The van der Waals surface area contributed by atoms with Crippen molar-refractivity contribution in [1.82, 2.24) is 9.80 Å². The molecule has 1 aromatic carbocycles. The number of halogens is 1. The molecule has 6 heteroatoms. The van der Waals surface area contributed by atoms with E-state index < -0.39 is 0 Å². The zero-order valence-corrected chi connectivity index (χ0v) is 16.6. The summed E-state index contributed by atoms with van der Waals surface area (Å²) >= 11 is 9.60. The third-order valence-corrected chi connectivity index (χ3v) is 6.64. The predicted octanol–water partition coefficient (Wildman–Crippen LogP) is 4.73. The van der Waals surface area contributed by atoms with E-state index in [4.69, 9.17) is 11.6 Å². The summed E-state index contributed by atoms with van der Waals surface area (Å²) in [4.78, 5) is 18.1. The minimum Gasteiger partial charge on any atom is -0.337 e. The molecule has 0 bridgehead atoms. The maximum atomic E-state index is 12.5. The zero-order chi connectivity index (χ0) is 17.5. The first-order valence-corrected chi connectivity index (χ1v) is 11.0. The smallest absolute Gasteiger partial charge is 0.254 e. The standard InChI is InChI=1S/C19H23ClN2OS2/c20-17-5-1-2-6-18(17)25-13-4-9-21-8-3-10-22(12-11-21)19(23)16-7-14-24-15-16/h1-2,5-7,14-15H,3-4,8-13H2. The van der Waals surface area contributed by atoms with Crippen LogP contribution in [0.15, 0.2) is 46.0 Å².